The van der Waals surface area contributed by atoms with Crippen molar-refractivity contribution in [2.75, 3.05) is 37.7 Å². The van der Waals surface area contributed by atoms with E-state index in [1.54, 1.807) is 0 Å². The van der Waals surface area contributed by atoms with E-state index in [0.29, 0.717) is 12.6 Å². The molecule has 3 rings (SSSR count). The predicted octanol–water partition coefficient (Wildman–Crippen LogP) is 2.80. The first-order chi connectivity index (χ1) is 11.3. The van der Waals surface area contributed by atoms with Gasteiger partial charge < -0.3 is 15.1 Å². The van der Waals surface area contributed by atoms with E-state index in [2.05, 4.69) is 27.2 Å². The molecule has 1 atom stereocenters. The van der Waals surface area contributed by atoms with Crippen molar-refractivity contribution in [1.82, 2.24) is 15.1 Å². The number of carbonyl (C=O) groups is 1. The predicted molar refractivity (Wildman–Crippen MR) is 96.8 cm³/mol. The van der Waals surface area contributed by atoms with Crippen LogP contribution in [-0.4, -0.2) is 59.6 Å². The van der Waals surface area contributed by atoms with Crippen molar-refractivity contribution in [3.05, 3.63) is 35.9 Å². The zero-order chi connectivity index (χ0) is 15.9. The summed E-state index contributed by atoms with van der Waals surface area (Å²) < 4.78 is 0. The molecule has 0 bridgehead atoms. The van der Waals surface area contributed by atoms with Crippen LogP contribution >= 0.6 is 11.8 Å². The lowest BCUT2D eigenvalue weighted by atomic mass is 10.2. The van der Waals surface area contributed by atoms with E-state index >= 15 is 0 Å². The van der Waals surface area contributed by atoms with E-state index in [-0.39, 0.29) is 6.03 Å². The fraction of sp³-hybridized carbons (Fsp3) is 0.611. The standard InChI is InChI=1S/C18H27N3OS/c22-18(19-13-16-7-2-1-3-8-16)21-11-6-12-23-15-17(21)14-20-9-4-5-10-20/h1-3,7-8,17H,4-6,9-15H2,(H,19,22)/t17-/m1/s1. The minimum atomic E-state index is 0.0977. The molecule has 2 fully saturated rings. The van der Waals surface area contributed by atoms with Crippen molar-refractivity contribution in [3.63, 3.8) is 0 Å². The van der Waals surface area contributed by atoms with Gasteiger partial charge in [-0.3, -0.25) is 0 Å². The first-order valence-electron chi connectivity index (χ1n) is 8.71. The Hall–Kier alpha value is -1.20. The van der Waals surface area contributed by atoms with Crippen LogP contribution in [0.3, 0.4) is 0 Å². The molecule has 23 heavy (non-hydrogen) atoms. The number of likely N-dealkylation sites (tertiary alicyclic amines) is 1. The summed E-state index contributed by atoms with van der Waals surface area (Å²) in [4.78, 5) is 17.3. The van der Waals surface area contributed by atoms with Crippen LogP contribution in [0.25, 0.3) is 0 Å². The normalized spacial score (nSPS) is 22.8. The zero-order valence-corrected chi connectivity index (χ0v) is 14.6. The van der Waals surface area contributed by atoms with E-state index < -0.39 is 0 Å². The number of hydrogen-bond acceptors (Lipinski definition) is 3. The lowest BCUT2D eigenvalue weighted by Gasteiger charge is -2.32. The molecule has 1 aromatic rings. The molecule has 4 nitrogen and oxygen atoms in total. The maximum absolute atomic E-state index is 12.7. The average molecular weight is 334 g/mol. The third kappa shape index (κ3) is 4.88. The number of amides is 2. The lowest BCUT2D eigenvalue weighted by molar-refractivity contribution is 0.162. The fourth-order valence-electron chi connectivity index (χ4n) is 3.39. The van der Waals surface area contributed by atoms with Gasteiger partial charge in [-0.15, -0.1) is 0 Å². The highest BCUT2D eigenvalue weighted by molar-refractivity contribution is 7.99. The molecule has 2 amide bonds. The highest BCUT2D eigenvalue weighted by Crippen LogP contribution is 2.19. The van der Waals surface area contributed by atoms with Gasteiger partial charge in [-0.05, 0) is 43.7 Å². The van der Waals surface area contributed by atoms with Gasteiger partial charge in [0.15, 0.2) is 0 Å². The van der Waals surface area contributed by atoms with E-state index in [9.17, 15) is 4.79 Å². The molecule has 5 heteroatoms. The molecule has 0 radical (unpaired) electrons. The van der Waals surface area contributed by atoms with E-state index in [0.717, 1.165) is 30.8 Å². The smallest absolute Gasteiger partial charge is 0.317 e. The van der Waals surface area contributed by atoms with Crippen LogP contribution in [0.15, 0.2) is 30.3 Å². The summed E-state index contributed by atoms with van der Waals surface area (Å²) in [6, 6.07) is 10.6. The number of thioether (sulfide) groups is 1. The van der Waals surface area contributed by atoms with Gasteiger partial charge in [0.1, 0.15) is 0 Å². The minimum Gasteiger partial charge on any atom is -0.334 e. The Morgan fingerprint density at radius 3 is 2.70 bits per heavy atom. The summed E-state index contributed by atoms with van der Waals surface area (Å²) in [5.41, 5.74) is 1.15. The topological polar surface area (TPSA) is 35.6 Å². The second-order valence-corrected chi connectivity index (χ2v) is 7.58. The Morgan fingerprint density at radius 2 is 1.91 bits per heavy atom. The lowest BCUT2D eigenvalue weighted by Crippen LogP contribution is -2.51. The molecule has 0 spiro atoms. The summed E-state index contributed by atoms with van der Waals surface area (Å²) in [5, 5.41) is 3.11. The number of benzene rings is 1. The maximum Gasteiger partial charge on any atom is 0.317 e. The highest BCUT2D eigenvalue weighted by Gasteiger charge is 2.28. The average Bonchev–Trinajstić information content (AvgIpc) is 2.98. The molecule has 0 aliphatic carbocycles. The van der Waals surface area contributed by atoms with Crippen LogP contribution in [0.5, 0.6) is 0 Å². The van der Waals surface area contributed by atoms with Crippen molar-refractivity contribution >= 4 is 17.8 Å². The number of nitrogens with one attached hydrogen (secondary N) is 1. The van der Waals surface area contributed by atoms with Crippen LogP contribution in [0.2, 0.25) is 0 Å². The molecule has 2 saturated heterocycles. The Balaban J connectivity index is 1.57. The van der Waals surface area contributed by atoms with E-state index in [1.165, 1.54) is 31.7 Å². The summed E-state index contributed by atoms with van der Waals surface area (Å²) >= 11 is 1.99. The molecule has 2 aliphatic heterocycles. The van der Waals surface area contributed by atoms with Gasteiger partial charge in [0.05, 0.1) is 6.04 Å². The Labute approximate surface area is 143 Å². The molecule has 2 aliphatic rings. The third-order valence-corrected chi connectivity index (χ3v) is 5.85. The zero-order valence-electron chi connectivity index (χ0n) is 13.7. The number of urea groups is 1. The molecular weight excluding hydrogens is 306 g/mol. The largest absolute Gasteiger partial charge is 0.334 e. The SMILES string of the molecule is O=C(NCc1ccccc1)N1CCCSC[C@H]1CN1CCCC1. The van der Waals surface area contributed by atoms with Crippen molar-refractivity contribution in [3.8, 4) is 0 Å². The summed E-state index contributed by atoms with van der Waals surface area (Å²) in [7, 11) is 0. The highest BCUT2D eigenvalue weighted by atomic mass is 32.2. The quantitative estimate of drug-likeness (QED) is 0.920. The van der Waals surface area contributed by atoms with Crippen molar-refractivity contribution in [1.29, 1.82) is 0 Å². The van der Waals surface area contributed by atoms with Gasteiger partial charge in [-0.1, -0.05) is 30.3 Å². The number of rotatable bonds is 4. The van der Waals surface area contributed by atoms with Crippen molar-refractivity contribution in [2.45, 2.75) is 31.8 Å². The summed E-state index contributed by atoms with van der Waals surface area (Å²) in [6.45, 7) is 4.92. The molecule has 2 heterocycles. The molecule has 1 N–H and O–H groups in total. The number of carbonyl (C=O) groups excluding carboxylic acids is 1. The summed E-state index contributed by atoms with van der Waals surface area (Å²) in [5.74, 6) is 2.23. The first kappa shape index (κ1) is 16.7. The van der Waals surface area contributed by atoms with Gasteiger partial charge in [0, 0.05) is 25.4 Å². The molecule has 0 unspecified atom stereocenters. The second-order valence-electron chi connectivity index (χ2n) is 6.43. The van der Waals surface area contributed by atoms with Gasteiger partial charge in [0.2, 0.25) is 0 Å². The van der Waals surface area contributed by atoms with Gasteiger partial charge >= 0.3 is 6.03 Å². The fourth-order valence-corrected chi connectivity index (χ4v) is 4.44. The van der Waals surface area contributed by atoms with Crippen LogP contribution in [0.1, 0.15) is 24.8 Å². The van der Waals surface area contributed by atoms with Crippen LogP contribution in [0.4, 0.5) is 4.79 Å². The Kier molecular flexibility index (Phi) is 6.22. The van der Waals surface area contributed by atoms with Crippen LogP contribution in [0, 0.1) is 0 Å². The first-order valence-corrected chi connectivity index (χ1v) is 9.87. The van der Waals surface area contributed by atoms with Gasteiger partial charge in [-0.2, -0.15) is 11.8 Å². The van der Waals surface area contributed by atoms with Crippen LogP contribution < -0.4 is 5.32 Å². The van der Waals surface area contributed by atoms with E-state index in [1.807, 2.05) is 30.0 Å². The van der Waals surface area contributed by atoms with E-state index in [4.69, 9.17) is 0 Å². The van der Waals surface area contributed by atoms with Crippen LogP contribution in [-0.2, 0) is 6.54 Å². The minimum absolute atomic E-state index is 0.0977. The monoisotopic (exact) mass is 333 g/mol. The van der Waals surface area contributed by atoms with Crippen molar-refractivity contribution < 1.29 is 4.79 Å². The number of nitrogens with zero attached hydrogens (tertiary/aromatic N) is 2. The maximum atomic E-state index is 12.7. The summed E-state index contributed by atoms with van der Waals surface area (Å²) in [6.07, 6.45) is 3.71. The number of hydrogen-bond donors (Lipinski definition) is 1. The molecular formula is C18H27N3OS. The molecule has 0 saturated carbocycles. The van der Waals surface area contributed by atoms with Crippen molar-refractivity contribution in [2.24, 2.45) is 0 Å². The molecule has 126 valence electrons. The van der Waals surface area contributed by atoms with Gasteiger partial charge in [-0.25, -0.2) is 4.79 Å². The third-order valence-electron chi connectivity index (χ3n) is 4.65. The Bertz CT molecular complexity index is 490. The Morgan fingerprint density at radius 1 is 1.13 bits per heavy atom. The molecule has 0 aromatic heterocycles. The molecule has 1 aromatic carbocycles. The van der Waals surface area contributed by atoms with Gasteiger partial charge in [0.25, 0.3) is 0 Å². The second kappa shape index (κ2) is 8.60.